The van der Waals surface area contributed by atoms with Crippen molar-refractivity contribution in [1.82, 2.24) is 0 Å². The maximum absolute atomic E-state index is 11.1. The largest absolute Gasteiger partial charge is 0.472 e. The Morgan fingerprint density at radius 2 is 1.94 bits per heavy atom. The summed E-state index contributed by atoms with van der Waals surface area (Å²) in [6.07, 6.45) is 0.395. The first-order chi connectivity index (χ1) is 8.30. The summed E-state index contributed by atoms with van der Waals surface area (Å²) in [5.41, 5.74) is 1.97. The van der Waals surface area contributed by atoms with Gasteiger partial charge in [-0.25, -0.2) is 0 Å². The lowest BCUT2D eigenvalue weighted by atomic mass is 9.92. The molecule has 1 aromatic rings. The molecule has 1 aromatic carbocycles. The average Bonchev–Trinajstić information content (AvgIpc) is 2.66. The summed E-state index contributed by atoms with van der Waals surface area (Å²) in [7, 11) is 0. The normalized spacial score (nSPS) is 21.1. The molecule has 5 nitrogen and oxygen atoms in total. The molecule has 0 saturated carbocycles. The van der Waals surface area contributed by atoms with Crippen molar-refractivity contribution in [3.63, 3.8) is 0 Å². The number of nitrogens with zero attached hydrogens (tertiary/aromatic N) is 2. The Morgan fingerprint density at radius 3 is 2.44 bits per heavy atom. The molecule has 1 atom stereocenters. The van der Waals surface area contributed by atoms with Gasteiger partial charge in [-0.15, -0.1) is 0 Å². The molecule has 0 spiro atoms. The van der Waals surface area contributed by atoms with Crippen LogP contribution in [0.4, 0.5) is 5.69 Å². The molecule has 0 aromatic heterocycles. The Kier molecular flexibility index (Phi) is 2.54. The number of rotatable bonds is 1. The van der Waals surface area contributed by atoms with Crippen molar-refractivity contribution in [3.05, 3.63) is 32.4 Å². The minimum atomic E-state index is -0.917. The van der Waals surface area contributed by atoms with E-state index in [9.17, 15) is 10.1 Å². The quantitative estimate of drug-likeness (QED) is 0.564. The zero-order chi connectivity index (χ0) is 13.7. The van der Waals surface area contributed by atoms with E-state index in [-0.39, 0.29) is 10.6 Å². The summed E-state index contributed by atoms with van der Waals surface area (Å²) >= 11 is 0. The van der Waals surface area contributed by atoms with Gasteiger partial charge in [0.15, 0.2) is 5.60 Å². The summed E-state index contributed by atoms with van der Waals surface area (Å²) in [5, 5.41) is 20.2. The zero-order valence-corrected chi connectivity index (χ0v) is 10.8. The second kappa shape index (κ2) is 3.70. The minimum absolute atomic E-state index is 0.136. The van der Waals surface area contributed by atoms with Crippen LogP contribution >= 0.6 is 0 Å². The molecule has 0 bridgehead atoms. The van der Waals surface area contributed by atoms with Crippen LogP contribution in [-0.4, -0.2) is 10.5 Å². The van der Waals surface area contributed by atoms with Gasteiger partial charge in [0.1, 0.15) is 11.8 Å². The summed E-state index contributed by atoms with van der Waals surface area (Å²) in [5.74, 6) is 0.639. The molecule has 1 heterocycles. The van der Waals surface area contributed by atoms with Crippen LogP contribution in [0.1, 0.15) is 29.2 Å². The van der Waals surface area contributed by atoms with Gasteiger partial charge in [0, 0.05) is 28.7 Å². The van der Waals surface area contributed by atoms with Crippen LogP contribution in [0.3, 0.4) is 0 Å². The maximum Gasteiger partial charge on any atom is 0.275 e. The molecule has 1 aliphatic rings. The highest BCUT2D eigenvalue weighted by atomic mass is 16.6. The van der Waals surface area contributed by atoms with Crippen molar-refractivity contribution in [2.24, 2.45) is 0 Å². The highest BCUT2D eigenvalue weighted by Gasteiger charge is 2.40. The number of hydrogen-bond donors (Lipinski definition) is 0. The molecule has 1 aliphatic heterocycles. The number of benzene rings is 1. The lowest BCUT2D eigenvalue weighted by molar-refractivity contribution is -0.386. The summed E-state index contributed by atoms with van der Waals surface area (Å²) in [4.78, 5) is 10.8. The molecule has 18 heavy (non-hydrogen) atoms. The molecule has 0 radical (unpaired) electrons. The standard InChI is InChI=1S/C13H14N2O3/c1-7-8(2)12-10(5-13(4,6-14)18-12)9(3)11(7)15(16)17/h5H2,1-4H3. The van der Waals surface area contributed by atoms with E-state index < -0.39 is 5.60 Å². The number of ether oxygens (including phenoxy) is 1. The fraction of sp³-hybridized carbons (Fsp3) is 0.462. The van der Waals surface area contributed by atoms with Crippen LogP contribution in [0, 0.1) is 42.2 Å². The molecule has 0 fully saturated rings. The van der Waals surface area contributed by atoms with Crippen LogP contribution in [0.15, 0.2) is 0 Å². The smallest absolute Gasteiger partial charge is 0.275 e. The van der Waals surface area contributed by atoms with Crippen molar-refractivity contribution >= 4 is 5.69 Å². The molecular weight excluding hydrogens is 232 g/mol. The van der Waals surface area contributed by atoms with E-state index in [1.165, 1.54) is 0 Å². The zero-order valence-electron chi connectivity index (χ0n) is 10.8. The first kappa shape index (κ1) is 12.4. The third-order valence-electron chi connectivity index (χ3n) is 3.60. The number of hydrogen-bond acceptors (Lipinski definition) is 4. The monoisotopic (exact) mass is 246 g/mol. The predicted molar refractivity (Wildman–Crippen MR) is 65.7 cm³/mol. The number of nitriles is 1. The van der Waals surface area contributed by atoms with E-state index in [0.29, 0.717) is 23.3 Å². The van der Waals surface area contributed by atoms with Crippen LogP contribution in [0.5, 0.6) is 5.75 Å². The van der Waals surface area contributed by atoms with Crippen LogP contribution in [-0.2, 0) is 6.42 Å². The van der Waals surface area contributed by atoms with Gasteiger partial charge in [0.25, 0.3) is 5.69 Å². The van der Waals surface area contributed by atoms with Crippen LogP contribution in [0.2, 0.25) is 0 Å². The fourth-order valence-electron chi connectivity index (χ4n) is 2.45. The number of fused-ring (bicyclic) bond motifs is 1. The van der Waals surface area contributed by atoms with Gasteiger partial charge in [-0.3, -0.25) is 10.1 Å². The Labute approximate surface area is 105 Å². The lowest BCUT2D eigenvalue weighted by Gasteiger charge is -2.15. The number of nitro benzene ring substituents is 1. The van der Waals surface area contributed by atoms with Gasteiger partial charge in [0.05, 0.1) is 4.92 Å². The van der Waals surface area contributed by atoms with E-state index in [1.54, 1.807) is 27.7 Å². The molecule has 0 saturated heterocycles. The number of nitro groups is 1. The summed E-state index contributed by atoms with van der Waals surface area (Å²) in [6, 6.07) is 2.12. The van der Waals surface area contributed by atoms with E-state index in [4.69, 9.17) is 10.00 Å². The van der Waals surface area contributed by atoms with E-state index >= 15 is 0 Å². The van der Waals surface area contributed by atoms with Crippen LogP contribution < -0.4 is 4.74 Å². The molecule has 0 amide bonds. The first-order valence-corrected chi connectivity index (χ1v) is 5.68. The van der Waals surface area contributed by atoms with Gasteiger partial charge in [0.2, 0.25) is 0 Å². The second-order valence-corrected chi connectivity index (χ2v) is 4.91. The second-order valence-electron chi connectivity index (χ2n) is 4.91. The third kappa shape index (κ3) is 1.53. The predicted octanol–water partition coefficient (Wildman–Crippen LogP) is 2.74. The van der Waals surface area contributed by atoms with E-state index in [1.807, 2.05) is 0 Å². The lowest BCUT2D eigenvalue weighted by Crippen LogP contribution is -2.27. The highest BCUT2D eigenvalue weighted by Crippen LogP contribution is 2.44. The van der Waals surface area contributed by atoms with Crippen molar-refractivity contribution < 1.29 is 9.66 Å². The van der Waals surface area contributed by atoms with Gasteiger partial charge in [-0.1, -0.05) is 0 Å². The van der Waals surface area contributed by atoms with E-state index in [0.717, 1.165) is 11.1 Å². The van der Waals surface area contributed by atoms with Gasteiger partial charge in [-0.2, -0.15) is 5.26 Å². The molecule has 0 N–H and O–H groups in total. The van der Waals surface area contributed by atoms with Crippen molar-refractivity contribution in [2.45, 2.75) is 39.7 Å². The van der Waals surface area contributed by atoms with Gasteiger partial charge in [-0.05, 0) is 27.7 Å². The van der Waals surface area contributed by atoms with Crippen molar-refractivity contribution in [3.8, 4) is 11.8 Å². The van der Waals surface area contributed by atoms with Gasteiger partial charge >= 0.3 is 0 Å². The van der Waals surface area contributed by atoms with Crippen LogP contribution in [0.25, 0.3) is 0 Å². The Bertz CT molecular complexity index is 601. The highest BCUT2D eigenvalue weighted by molar-refractivity contribution is 5.63. The Hall–Kier alpha value is -2.09. The topological polar surface area (TPSA) is 76.2 Å². The van der Waals surface area contributed by atoms with Gasteiger partial charge < -0.3 is 4.74 Å². The van der Waals surface area contributed by atoms with Crippen molar-refractivity contribution in [2.75, 3.05) is 0 Å². The molecule has 2 rings (SSSR count). The molecule has 0 aliphatic carbocycles. The summed E-state index contributed by atoms with van der Waals surface area (Å²) < 4.78 is 5.69. The molecule has 5 heteroatoms. The Morgan fingerprint density at radius 1 is 1.33 bits per heavy atom. The third-order valence-corrected chi connectivity index (χ3v) is 3.60. The SMILES string of the molecule is Cc1c(C)c([N+](=O)[O-])c(C)c2c1OC(C)(C#N)C2. The molecule has 94 valence electrons. The van der Waals surface area contributed by atoms with Crippen molar-refractivity contribution in [1.29, 1.82) is 5.26 Å². The molecule has 1 unspecified atom stereocenters. The molecular formula is C13H14N2O3. The maximum atomic E-state index is 11.1. The van der Waals surface area contributed by atoms with E-state index in [2.05, 4.69) is 6.07 Å². The fourth-order valence-corrected chi connectivity index (χ4v) is 2.45. The average molecular weight is 246 g/mol. The Balaban J connectivity index is 2.73. The first-order valence-electron chi connectivity index (χ1n) is 5.68. The summed E-state index contributed by atoms with van der Waals surface area (Å²) in [6.45, 7) is 6.93. The minimum Gasteiger partial charge on any atom is -0.472 e.